The number of halogens is 2. The molecule has 0 saturated carbocycles. The quantitative estimate of drug-likeness (QED) is 0.608. The fourth-order valence-corrected chi connectivity index (χ4v) is 2.12. The van der Waals surface area contributed by atoms with Crippen LogP contribution < -0.4 is 5.32 Å². The largest absolute Gasteiger partial charge is 0.449 e. The van der Waals surface area contributed by atoms with Gasteiger partial charge in [0, 0.05) is 5.92 Å². The second-order valence-corrected chi connectivity index (χ2v) is 9.22. The Hall–Kier alpha value is -0.810. The van der Waals surface area contributed by atoms with Crippen molar-refractivity contribution in [3.05, 3.63) is 42.0 Å². The fraction of sp³-hybridized carbons (Fsp3) is 0.471. The van der Waals surface area contributed by atoms with E-state index in [1.54, 1.807) is 0 Å². The molecular weight excluding hydrogens is 410 g/mol. The van der Waals surface area contributed by atoms with Crippen molar-refractivity contribution in [3.63, 3.8) is 0 Å². The molecule has 0 aromatic heterocycles. The summed E-state index contributed by atoms with van der Waals surface area (Å²) in [6.45, 7) is 12.2. The minimum atomic E-state index is -0.520. The number of benzene rings is 1. The van der Waals surface area contributed by atoms with E-state index >= 15 is 0 Å². The molecule has 0 aliphatic carbocycles. The van der Waals surface area contributed by atoms with Gasteiger partial charge in [-0.3, -0.25) is 0 Å². The van der Waals surface area contributed by atoms with Gasteiger partial charge in [0.2, 0.25) is 0 Å². The average molecular weight is 433 g/mol. The summed E-state index contributed by atoms with van der Waals surface area (Å²) in [5.74, 6) is 0.181. The van der Waals surface area contributed by atoms with Crippen molar-refractivity contribution in [2.75, 3.05) is 6.61 Å². The molecule has 0 aliphatic heterocycles. The first-order valence-corrected chi connectivity index (χ1v) is 8.96. The lowest BCUT2D eigenvalue weighted by Gasteiger charge is -2.27. The Kier molecular flexibility index (Phi) is 7.13. The van der Waals surface area contributed by atoms with Gasteiger partial charge in [0.25, 0.3) is 0 Å². The van der Waals surface area contributed by atoms with Crippen molar-refractivity contribution in [3.8, 4) is 0 Å². The number of hydrogen-bond donors (Lipinski definition) is 1. The number of rotatable bonds is 6. The van der Waals surface area contributed by atoms with Crippen molar-refractivity contribution in [1.82, 2.24) is 5.32 Å². The Labute approximate surface area is 149 Å². The molecule has 1 unspecified atom stereocenters. The summed E-state index contributed by atoms with van der Waals surface area (Å²) in [5, 5.41) is 2.91. The maximum atomic E-state index is 12.0. The van der Waals surface area contributed by atoms with Gasteiger partial charge in [-0.1, -0.05) is 69.1 Å². The van der Waals surface area contributed by atoms with Crippen LogP contribution in [0.15, 0.2) is 30.8 Å². The lowest BCUT2D eigenvalue weighted by Crippen LogP contribution is -2.41. The van der Waals surface area contributed by atoms with E-state index in [1.165, 1.54) is 0 Å². The van der Waals surface area contributed by atoms with E-state index in [0.29, 0.717) is 6.61 Å². The first-order chi connectivity index (χ1) is 10.1. The molecule has 0 saturated heterocycles. The number of alkyl carbamates (subject to hydrolysis) is 1. The van der Waals surface area contributed by atoms with Gasteiger partial charge < -0.3 is 10.1 Å². The van der Waals surface area contributed by atoms with E-state index in [1.807, 2.05) is 52.0 Å². The van der Waals surface area contributed by atoms with Gasteiger partial charge in [0.1, 0.15) is 0 Å². The molecule has 0 spiro atoms. The van der Waals surface area contributed by atoms with Gasteiger partial charge in [-0.05, 0) is 38.0 Å². The maximum Gasteiger partial charge on any atom is 0.407 e. The third-order valence-corrected chi connectivity index (χ3v) is 5.20. The zero-order valence-corrected chi connectivity index (χ0v) is 16.6. The van der Waals surface area contributed by atoms with Gasteiger partial charge in [0.15, 0.2) is 0 Å². The Morgan fingerprint density at radius 1 is 1.41 bits per heavy atom. The topological polar surface area (TPSA) is 38.3 Å². The Balaban J connectivity index is 2.72. The van der Waals surface area contributed by atoms with Crippen LogP contribution in [0.5, 0.6) is 0 Å². The number of amides is 1. The SMILES string of the molecule is C=C(C)c1cccc(C(C)(C)NC(=O)OCC(C)C(Br)Br)c1. The van der Waals surface area contributed by atoms with Crippen molar-refractivity contribution in [1.29, 1.82) is 0 Å². The van der Waals surface area contributed by atoms with Gasteiger partial charge in [0.05, 0.1) is 15.9 Å². The average Bonchev–Trinajstić information content (AvgIpc) is 2.44. The highest BCUT2D eigenvalue weighted by Crippen LogP contribution is 2.24. The molecule has 0 heterocycles. The first-order valence-electron chi connectivity index (χ1n) is 7.13. The van der Waals surface area contributed by atoms with Crippen LogP contribution in [-0.4, -0.2) is 16.4 Å². The van der Waals surface area contributed by atoms with E-state index in [0.717, 1.165) is 16.7 Å². The first kappa shape index (κ1) is 19.2. The number of nitrogens with one attached hydrogen (secondary N) is 1. The molecule has 1 atom stereocenters. The molecule has 1 aromatic rings. The lowest BCUT2D eigenvalue weighted by molar-refractivity contribution is 0.123. The van der Waals surface area contributed by atoms with Crippen LogP contribution in [0, 0.1) is 5.92 Å². The monoisotopic (exact) mass is 431 g/mol. The predicted octanol–water partition coefficient (Wildman–Crippen LogP) is 5.43. The smallest absolute Gasteiger partial charge is 0.407 e. The molecular formula is C17H23Br2NO2. The standard InChI is InChI=1S/C17H23Br2NO2/c1-11(2)13-7-6-8-14(9-13)17(4,5)20-16(21)22-10-12(3)15(18)19/h6-9,12,15H,1,10H2,2-5H3,(H,20,21). The summed E-state index contributed by atoms with van der Waals surface area (Å²) in [6.07, 6.45) is -0.418. The number of carbonyl (C=O) groups excluding carboxylic acids is 1. The second kappa shape index (κ2) is 8.16. The Morgan fingerprint density at radius 2 is 2.05 bits per heavy atom. The highest BCUT2D eigenvalue weighted by molar-refractivity contribution is 9.24. The molecule has 122 valence electrons. The molecule has 0 bridgehead atoms. The van der Waals surface area contributed by atoms with Gasteiger partial charge in [-0.25, -0.2) is 4.79 Å². The number of allylic oxidation sites excluding steroid dienone is 1. The van der Waals surface area contributed by atoms with Crippen LogP contribution >= 0.6 is 31.9 Å². The van der Waals surface area contributed by atoms with Crippen LogP contribution in [0.2, 0.25) is 0 Å². The summed E-state index contributed by atoms with van der Waals surface area (Å²) < 4.78 is 5.39. The summed E-state index contributed by atoms with van der Waals surface area (Å²) >= 11 is 6.81. The minimum absolute atomic E-state index is 0.119. The summed E-state index contributed by atoms with van der Waals surface area (Å²) in [6, 6.07) is 8.01. The number of carbonyl (C=O) groups is 1. The minimum Gasteiger partial charge on any atom is -0.449 e. The summed E-state index contributed by atoms with van der Waals surface area (Å²) in [4.78, 5) is 12.0. The van der Waals surface area contributed by atoms with Crippen molar-refractivity contribution in [2.45, 2.75) is 37.0 Å². The molecule has 1 rings (SSSR count). The van der Waals surface area contributed by atoms with Gasteiger partial charge in [-0.2, -0.15) is 0 Å². The predicted molar refractivity (Wildman–Crippen MR) is 99.5 cm³/mol. The molecule has 1 N–H and O–H groups in total. The molecule has 0 fully saturated rings. The number of hydrogen-bond acceptors (Lipinski definition) is 2. The molecule has 22 heavy (non-hydrogen) atoms. The van der Waals surface area contributed by atoms with Crippen LogP contribution in [0.25, 0.3) is 5.57 Å². The van der Waals surface area contributed by atoms with Crippen molar-refractivity contribution < 1.29 is 9.53 Å². The molecule has 3 nitrogen and oxygen atoms in total. The third-order valence-electron chi connectivity index (χ3n) is 3.40. The summed E-state index contributed by atoms with van der Waals surface area (Å²) in [5.41, 5.74) is 2.55. The molecule has 5 heteroatoms. The van der Waals surface area contributed by atoms with Gasteiger partial charge >= 0.3 is 6.09 Å². The lowest BCUT2D eigenvalue weighted by atomic mass is 9.92. The highest BCUT2D eigenvalue weighted by Gasteiger charge is 2.24. The Morgan fingerprint density at radius 3 is 2.59 bits per heavy atom. The highest BCUT2D eigenvalue weighted by atomic mass is 79.9. The second-order valence-electron chi connectivity index (χ2n) is 6.02. The zero-order chi connectivity index (χ0) is 16.9. The van der Waals surface area contributed by atoms with E-state index in [-0.39, 0.29) is 9.65 Å². The summed E-state index contributed by atoms with van der Waals surface area (Å²) in [7, 11) is 0. The van der Waals surface area contributed by atoms with Crippen LogP contribution in [0.4, 0.5) is 4.79 Å². The number of alkyl halides is 2. The van der Waals surface area contributed by atoms with Crippen LogP contribution in [0.1, 0.15) is 38.8 Å². The number of ether oxygens (including phenoxy) is 1. The van der Waals surface area contributed by atoms with E-state index in [9.17, 15) is 4.79 Å². The molecule has 1 aromatic carbocycles. The third kappa shape index (κ3) is 5.76. The molecule has 0 radical (unpaired) electrons. The maximum absolute atomic E-state index is 12.0. The van der Waals surface area contributed by atoms with E-state index in [2.05, 4.69) is 43.8 Å². The molecule has 0 aliphatic rings. The van der Waals surface area contributed by atoms with Crippen molar-refractivity contribution >= 4 is 43.5 Å². The molecule has 1 amide bonds. The zero-order valence-electron chi connectivity index (χ0n) is 13.5. The fourth-order valence-electron chi connectivity index (χ4n) is 1.82. The Bertz CT molecular complexity index is 541. The van der Waals surface area contributed by atoms with Crippen LogP contribution in [-0.2, 0) is 10.3 Å². The normalized spacial score (nSPS) is 12.9. The van der Waals surface area contributed by atoms with Crippen LogP contribution in [0.3, 0.4) is 0 Å². The van der Waals surface area contributed by atoms with E-state index < -0.39 is 11.6 Å². The van der Waals surface area contributed by atoms with E-state index in [4.69, 9.17) is 4.74 Å². The van der Waals surface area contributed by atoms with Crippen molar-refractivity contribution in [2.24, 2.45) is 5.92 Å². The van der Waals surface area contributed by atoms with Gasteiger partial charge in [-0.15, -0.1) is 0 Å².